The fourth-order valence-electron chi connectivity index (χ4n) is 2.20. The highest BCUT2D eigenvalue weighted by molar-refractivity contribution is 8.00. The van der Waals surface area contributed by atoms with Crippen LogP contribution in [0, 0.1) is 0 Å². The summed E-state index contributed by atoms with van der Waals surface area (Å²) in [5.74, 6) is 1.29. The predicted molar refractivity (Wildman–Crippen MR) is 96.2 cm³/mol. The molecule has 2 N–H and O–H groups in total. The fourth-order valence-corrected chi connectivity index (χ4v) is 4.04. The van der Waals surface area contributed by atoms with Crippen LogP contribution in [0.5, 0.6) is 0 Å². The zero-order chi connectivity index (χ0) is 16.2. The number of hydrogen-bond acceptors (Lipinski definition) is 6. The van der Waals surface area contributed by atoms with E-state index in [9.17, 15) is 4.79 Å². The molecule has 0 saturated carbocycles. The van der Waals surface area contributed by atoms with E-state index in [0.29, 0.717) is 12.3 Å². The Bertz CT molecular complexity index is 845. The molecule has 6 heteroatoms. The Morgan fingerprint density at radius 1 is 1.22 bits per heavy atom. The summed E-state index contributed by atoms with van der Waals surface area (Å²) in [6, 6.07) is 11.7. The van der Waals surface area contributed by atoms with E-state index in [1.54, 1.807) is 0 Å². The molecule has 0 fully saturated rings. The van der Waals surface area contributed by atoms with Crippen molar-refractivity contribution >= 4 is 39.8 Å². The lowest BCUT2D eigenvalue weighted by Crippen LogP contribution is -2.02. The lowest BCUT2D eigenvalue weighted by atomic mass is 10.2. The van der Waals surface area contributed by atoms with E-state index in [-0.39, 0.29) is 5.78 Å². The van der Waals surface area contributed by atoms with Crippen molar-refractivity contribution in [1.82, 2.24) is 9.97 Å². The maximum atomic E-state index is 12.3. The molecule has 0 atom stereocenters. The van der Waals surface area contributed by atoms with E-state index < -0.39 is 0 Å². The van der Waals surface area contributed by atoms with Crippen LogP contribution in [0.3, 0.4) is 0 Å². The van der Waals surface area contributed by atoms with Gasteiger partial charge < -0.3 is 5.73 Å². The monoisotopic (exact) mass is 343 g/mol. The van der Waals surface area contributed by atoms with Gasteiger partial charge in [-0.3, -0.25) is 4.79 Å². The van der Waals surface area contributed by atoms with E-state index in [4.69, 9.17) is 5.73 Å². The van der Waals surface area contributed by atoms with Crippen molar-refractivity contribution in [2.45, 2.75) is 24.9 Å². The van der Waals surface area contributed by atoms with Gasteiger partial charge in [-0.1, -0.05) is 36.9 Å². The number of nitrogens with zero attached hydrogens (tertiary/aromatic N) is 2. The number of hydrogen-bond donors (Lipinski definition) is 1. The van der Waals surface area contributed by atoms with Crippen LogP contribution >= 0.6 is 23.1 Å². The molecule has 0 unspecified atom stereocenters. The molecular weight excluding hydrogens is 326 g/mol. The van der Waals surface area contributed by atoms with Gasteiger partial charge in [-0.05, 0) is 18.2 Å². The molecule has 0 saturated heterocycles. The first-order valence-corrected chi connectivity index (χ1v) is 9.22. The van der Waals surface area contributed by atoms with Crippen LogP contribution in [-0.4, -0.2) is 21.5 Å². The smallest absolute Gasteiger partial charge is 0.183 e. The summed E-state index contributed by atoms with van der Waals surface area (Å²) in [4.78, 5) is 23.2. The highest BCUT2D eigenvalue weighted by atomic mass is 32.2. The van der Waals surface area contributed by atoms with Crippen molar-refractivity contribution in [3.8, 4) is 0 Å². The standard InChI is InChI=1S/C17H17N3OS2/c1-2-16-19-13-6-4-3-5-12(13)17(20-16)22-10-14(21)15-8-7-11(9-18)23-15/h3-8H,2,9-10,18H2,1H3. The van der Waals surface area contributed by atoms with Gasteiger partial charge >= 0.3 is 0 Å². The van der Waals surface area contributed by atoms with Gasteiger partial charge in [0.15, 0.2) is 5.78 Å². The molecule has 2 heterocycles. The Hall–Kier alpha value is -1.76. The average molecular weight is 343 g/mol. The number of fused-ring (bicyclic) bond motifs is 1. The average Bonchev–Trinajstić information content (AvgIpc) is 3.08. The largest absolute Gasteiger partial charge is 0.326 e. The second-order valence-electron chi connectivity index (χ2n) is 5.00. The van der Waals surface area contributed by atoms with Crippen LogP contribution in [0.4, 0.5) is 0 Å². The lowest BCUT2D eigenvalue weighted by Gasteiger charge is -2.06. The molecule has 0 aliphatic rings. The van der Waals surface area contributed by atoms with Crippen LogP contribution in [0.1, 0.15) is 27.3 Å². The summed E-state index contributed by atoms with van der Waals surface area (Å²) in [6.07, 6.45) is 0.775. The fraction of sp³-hybridized carbons (Fsp3) is 0.235. The van der Waals surface area contributed by atoms with Crippen molar-refractivity contribution in [3.05, 3.63) is 52.0 Å². The topological polar surface area (TPSA) is 68.9 Å². The molecule has 0 bridgehead atoms. The maximum Gasteiger partial charge on any atom is 0.183 e. The first-order valence-electron chi connectivity index (χ1n) is 7.41. The molecule has 0 aliphatic carbocycles. The van der Waals surface area contributed by atoms with Crippen molar-refractivity contribution in [2.75, 3.05) is 5.75 Å². The number of nitrogens with two attached hydrogens (primary N) is 1. The van der Waals surface area contributed by atoms with Crippen LogP contribution in [0.2, 0.25) is 0 Å². The van der Waals surface area contributed by atoms with Crippen molar-refractivity contribution in [1.29, 1.82) is 0 Å². The van der Waals surface area contributed by atoms with Gasteiger partial charge in [0.25, 0.3) is 0 Å². The Labute approximate surface area is 143 Å². The Kier molecular flexibility index (Phi) is 5.05. The summed E-state index contributed by atoms with van der Waals surface area (Å²) in [6.45, 7) is 2.51. The van der Waals surface area contributed by atoms with Gasteiger partial charge in [0.05, 0.1) is 16.1 Å². The van der Waals surface area contributed by atoms with Crippen LogP contribution in [0.25, 0.3) is 10.9 Å². The number of carbonyl (C=O) groups excluding carboxylic acids is 1. The lowest BCUT2D eigenvalue weighted by molar-refractivity contribution is 0.102. The third-order valence-corrected chi connectivity index (χ3v) is 5.55. The second-order valence-corrected chi connectivity index (χ2v) is 7.13. The summed E-state index contributed by atoms with van der Waals surface area (Å²) in [7, 11) is 0. The maximum absolute atomic E-state index is 12.3. The molecule has 2 aromatic heterocycles. The van der Waals surface area contributed by atoms with Crippen molar-refractivity contribution in [3.63, 3.8) is 0 Å². The Morgan fingerprint density at radius 2 is 2.04 bits per heavy atom. The van der Waals surface area contributed by atoms with Gasteiger partial charge in [-0.15, -0.1) is 11.3 Å². The normalized spacial score (nSPS) is 11.0. The molecule has 0 spiro atoms. The van der Waals surface area contributed by atoms with E-state index in [0.717, 1.165) is 37.9 Å². The Balaban J connectivity index is 1.82. The molecule has 4 nitrogen and oxygen atoms in total. The SMILES string of the molecule is CCc1nc(SCC(=O)c2ccc(CN)s2)c2ccccc2n1. The molecule has 23 heavy (non-hydrogen) atoms. The number of Topliss-reactive ketones (excluding diaryl/α,β-unsaturated/α-hetero) is 1. The minimum absolute atomic E-state index is 0.112. The summed E-state index contributed by atoms with van der Waals surface area (Å²) in [5, 5.41) is 1.87. The summed E-state index contributed by atoms with van der Waals surface area (Å²) < 4.78 is 0. The zero-order valence-corrected chi connectivity index (χ0v) is 14.4. The molecular formula is C17H17N3OS2. The molecule has 118 valence electrons. The number of thioether (sulfide) groups is 1. The number of para-hydroxylation sites is 1. The van der Waals surface area contributed by atoms with E-state index in [1.807, 2.05) is 43.3 Å². The number of benzene rings is 1. The highest BCUT2D eigenvalue weighted by Gasteiger charge is 2.13. The first kappa shape index (κ1) is 16.1. The van der Waals surface area contributed by atoms with Gasteiger partial charge in [0, 0.05) is 23.2 Å². The molecule has 0 aliphatic heterocycles. The van der Waals surface area contributed by atoms with Crippen LogP contribution < -0.4 is 5.73 Å². The third-order valence-electron chi connectivity index (χ3n) is 3.41. The molecule has 3 rings (SSSR count). The third kappa shape index (κ3) is 3.60. The second kappa shape index (κ2) is 7.21. The molecule has 0 amide bonds. The predicted octanol–water partition coefficient (Wildman–Crippen LogP) is 3.69. The molecule has 1 aromatic carbocycles. The highest BCUT2D eigenvalue weighted by Crippen LogP contribution is 2.27. The minimum atomic E-state index is 0.112. The summed E-state index contributed by atoms with van der Waals surface area (Å²) >= 11 is 2.94. The van der Waals surface area contributed by atoms with Gasteiger partial charge in [0.2, 0.25) is 0 Å². The van der Waals surface area contributed by atoms with Crippen molar-refractivity contribution < 1.29 is 4.79 Å². The van der Waals surface area contributed by atoms with E-state index in [1.165, 1.54) is 23.1 Å². The van der Waals surface area contributed by atoms with Crippen LogP contribution in [-0.2, 0) is 13.0 Å². The number of carbonyl (C=O) groups is 1. The quantitative estimate of drug-likeness (QED) is 0.420. The summed E-state index contributed by atoms with van der Waals surface area (Å²) in [5.41, 5.74) is 6.53. The number of aryl methyl sites for hydroxylation is 1. The van der Waals surface area contributed by atoms with E-state index in [2.05, 4.69) is 9.97 Å². The zero-order valence-electron chi connectivity index (χ0n) is 12.8. The number of thiophene rings is 1. The van der Waals surface area contributed by atoms with Gasteiger partial charge in [-0.2, -0.15) is 0 Å². The van der Waals surface area contributed by atoms with Gasteiger partial charge in [0.1, 0.15) is 10.9 Å². The van der Waals surface area contributed by atoms with Crippen molar-refractivity contribution in [2.24, 2.45) is 5.73 Å². The van der Waals surface area contributed by atoms with E-state index >= 15 is 0 Å². The Morgan fingerprint density at radius 3 is 2.78 bits per heavy atom. The number of ketones is 1. The van der Waals surface area contributed by atoms with Crippen LogP contribution in [0.15, 0.2) is 41.4 Å². The molecule has 3 aromatic rings. The first-order chi connectivity index (χ1) is 11.2. The van der Waals surface area contributed by atoms with Gasteiger partial charge in [-0.25, -0.2) is 9.97 Å². The minimum Gasteiger partial charge on any atom is -0.326 e. The number of rotatable bonds is 6. The number of aromatic nitrogens is 2. The molecule has 0 radical (unpaired) electrons.